The number of carbonyl (C=O) groups is 1. The van der Waals surface area contributed by atoms with Crippen LogP contribution in [-0.4, -0.2) is 12.1 Å². The van der Waals surface area contributed by atoms with Crippen molar-refractivity contribution < 1.29 is 14.6 Å². The van der Waals surface area contributed by atoms with Crippen molar-refractivity contribution in [1.29, 1.82) is 0 Å². The molecule has 0 amide bonds. The number of hydrogen-bond donors (Lipinski definition) is 0. The molecule has 0 saturated carbocycles. The maximum Gasteiger partial charge on any atom is 0.348 e. The number of carbonyl (C=O) groups excluding carboxylic acids is 1. The molecule has 0 aromatic rings. The molecule has 114 valence electrons. The van der Waals surface area contributed by atoms with Crippen molar-refractivity contribution in [1.82, 2.24) is 0 Å². The van der Waals surface area contributed by atoms with Gasteiger partial charge in [-0.15, -0.1) is 0 Å². The van der Waals surface area contributed by atoms with Crippen LogP contribution in [0.25, 0.3) is 0 Å². The van der Waals surface area contributed by atoms with E-state index in [0.717, 1.165) is 38.5 Å². The molecule has 0 aliphatic rings. The third-order valence-electron chi connectivity index (χ3n) is 4.26. The van der Waals surface area contributed by atoms with E-state index in [-0.39, 0.29) is 12.1 Å². The smallest absolute Gasteiger partial charge is 0.297 e. The Hall–Kier alpha value is -0.570. The quantitative estimate of drug-likeness (QED) is 0.419. The van der Waals surface area contributed by atoms with Crippen LogP contribution >= 0.6 is 0 Å². The van der Waals surface area contributed by atoms with Gasteiger partial charge in [-0.1, -0.05) is 47.0 Å². The Morgan fingerprint density at radius 3 is 2.21 bits per heavy atom. The summed E-state index contributed by atoms with van der Waals surface area (Å²) in [6.07, 6.45) is 6.02. The maximum atomic E-state index is 12.2. The van der Waals surface area contributed by atoms with Gasteiger partial charge in [0.25, 0.3) is 0 Å². The van der Waals surface area contributed by atoms with Crippen molar-refractivity contribution in [3.8, 4) is 0 Å². The minimum Gasteiger partial charge on any atom is -0.297 e. The van der Waals surface area contributed by atoms with Gasteiger partial charge in [-0.25, -0.2) is 4.79 Å². The zero-order valence-corrected chi connectivity index (χ0v) is 13.6. The zero-order chi connectivity index (χ0) is 14.9. The Morgan fingerprint density at radius 1 is 1.11 bits per heavy atom. The molecule has 0 aromatic heterocycles. The SMILES string of the molecule is CCCCC(C)OOC(=O)C(C)(CC)C(C)CCC. The highest BCUT2D eigenvalue weighted by molar-refractivity contribution is 5.76. The second kappa shape index (κ2) is 9.35. The predicted octanol–water partition coefficient (Wildman–Crippen LogP) is 4.89. The number of unbranched alkanes of at least 4 members (excludes halogenated alkanes) is 1. The standard InChI is InChI=1S/C16H32O3/c1-7-10-12-14(5)18-19-15(17)16(6,9-3)13(4)11-8-2/h13-14H,7-12H2,1-6H3. The Balaban J connectivity index is 4.35. The predicted molar refractivity (Wildman–Crippen MR) is 78.6 cm³/mol. The third kappa shape index (κ3) is 5.94. The summed E-state index contributed by atoms with van der Waals surface area (Å²) in [6, 6.07) is 0. The van der Waals surface area contributed by atoms with Crippen LogP contribution in [0.5, 0.6) is 0 Å². The second-order valence-electron chi connectivity index (χ2n) is 5.88. The van der Waals surface area contributed by atoms with Crippen LogP contribution in [0.2, 0.25) is 0 Å². The first-order valence-corrected chi connectivity index (χ1v) is 7.80. The van der Waals surface area contributed by atoms with Gasteiger partial charge in [0.1, 0.15) is 6.10 Å². The largest absolute Gasteiger partial charge is 0.348 e. The number of hydrogen-bond acceptors (Lipinski definition) is 3. The van der Waals surface area contributed by atoms with E-state index in [9.17, 15) is 4.79 Å². The van der Waals surface area contributed by atoms with Crippen LogP contribution < -0.4 is 0 Å². The highest BCUT2D eigenvalue weighted by atomic mass is 17.2. The normalized spacial score (nSPS) is 17.6. The molecule has 0 aromatic carbocycles. The molecule has 0 bridgehead atoms. The van der Waals surface area contributed by atoms with Crippen molar-refractivity contribution >= 4 is 5.97 Å². The molecule has 0 aliphatic heterocycles. The van der Waals surface area contributed by atoms with Gasteiger partial charge in [0.05, 0.1) is 5.41 Å². The molecule has 3 nitrogen and oxygen atoms in total. The molecule has 0 aliphatic carbocycles. The lowest BCUT2D eigenvalue weighted by atomic mass is 9.74. The van der Waals surface area contributed by atoms with E-state index in [1.165, 1.54) is 0 Å². The van der Waals surface area contributed by atoms with Crippen molar-refractivity contribution in [3.05, 3.63) is 0 Å². The van der Waals surface area contributed by atoms with Gasteiger partial charge in [0, 0.05) is 0 Å². The van der Waals surface area contributed by atoms with Crippen LogP contribution in [0, 0.1) is 11.3 Å². The lowest BCUT2D eigenvalue weighted by Crippen LogP contribution is -2.36. The van der Waals surface area contributed by atoms with Crippen molar-refractivity contribution in [2.75, 3.05) is 0 Å². The van der Waals surface area contributed by atoms with Gasteiger partial charge in [0.2, 0.25) is 0 Å². The summed E-state index contributed by atoms with van der Waals surface area (Å²) in [4.78, 5) is 22.6. The molecular weight excluding hydrogens is 240 g/mol. The molecule has 0 heterocycles. The van der Waals surface area contributed by atoms with E-state index >= 15 is 0 Å². The summed E-state index contributed by atoms with van der Waals surface area (Å²) in [7, 11) is 0. The maximum absolute atomic E-state index is 12.2. The van der Waals surface area contributed by atoms with E-state index in [0.29, 0.717) is 5.92 Å². The summed E-state index contributed by atoms with van der Waals surface area (Å²) in [6.45, 7) is 12.4. The molecule has 0 saturated heterocycles. The Morgan fingerprint density at radius 2 is 1.74 bits per heavy atom. The van der Waals surface area contributed by atoms with Crippen LogP contribution in [0.3, 0.4) is 0 Å². The van der Waals surface area contributed by atoms with E-state index < -0.39 is 5.41 Å². The molecule has 0 N–H and O–H groups in total. The first-order valence-electron chi connectivity index (χ1n) is 7.80. The van der Waals surface area contributed by atoms with Crippen LogP contribution in [-0.2, 0) is 14.6 Å². The fourth-order valence-electron chi connectivity index (χ4n) is 2.21. The molecule has 0 radical (unpaired) electrons. The van der Waals surface area contributed by atoms with Gasteiger partial charge < -0.3 is 0 Å². The van der Waals surface area contributed by atoms with E-state index in [1.807, 2.05) is 20.8 Å². The summed E-state index contributed by atoms with van der Waals surface area (Å²) in [5.41, 5.74) is -0.444. The molecule has 3 atom stereocenters. The van der Waals surface area contributed by atoms with Gasteiger partial charge in [0.15, 0.2) is 0 Å². The van der Waals surface area contributed by atoms with Crippen molar-refractivity contribution in [3.63, 3.8) is 0 Å². The molecular formula is C16H32O3. The average molecular weight is 272 g/mol. The molecule has 3 heteroatoms. The lowest BCUT2D eigenvalue weighted by Gasteiger charge is -2.31. The molecule has 19 heavy (non-hydrogen) atoms. The molecule has 0 spiro atoms. The van der Waals surface area contributed by atoms with Crippen LogP contribution in [0.15, 0.2) is 0 Å². The summed E-state index contributed by atoms with van der Waals surface area (Å²) in [5, 5.41) is 0. The van der Waals surface area contributed by atoms with Crippen LogP contribution in [0.1, 0.15) is 80.1 Å². The Bertz CT molecular complexity index is 252. The average Bonchev–Trinajstić information content (AvgIpc) is 2.41. The van der Waals surface area contributed by atoms with E-state index in [4.69, 9.17) is 9.78 Å². The third-order valence-corrected chi connectivity index (χ3v) is 4.26. The van der Waals surface area contributed by atoms with Gasteiger partial charge in [-0.2, -0.15) is 4.89 Å². The fraction of sp³-hybridized carbons (Fsp3) is 0.938. The first kappa shape index (κ1) is 18.4. The highest BCUT2D eigenvalue weighted by Gasteiger charge is 2.39. The molecule has 0 rings (SSSR count). The minimum absolute atomic E-state index is 0.0218. The molecule has 3 unspecified atom stereocenters. The first-order chi connectivity index (χ1) is 8.92. The second-order valence-corrected chi connectivity index (χ2v) is 5.88. The zero-order valence-electron chi connectivity index (χ0n) is 13.6. The van der Waals surface area contributed by atoms with Gasteiger partial charge in [-0.05, 0) is 39.0 Å². The topological polar surface area (TPSA) is 35.5 Å². The van der Waals surface area contributed by atoms with Gasteiger partial charge in [-0.3, -0.25) is 4.89 Å². The minimum atomic E-state index is -0.444. The monoisotopic (exact) mass is 272 g/mol. The molecule has 0 fully saturated rings. The summed E-state index contributed by atoms with van der Waals surface area (Å²) < 4.78 is 0. The van der Waals surface area contributed by atoms with E-state index in [1.54, 1.807) is 0 Å². The lowest BCUT2D eigenvalue weighted by molar-refractivity contribution is -0.304. The van der Waals surface area contributed by atoms with Crippen molar-refractivity contribution in [2.45, 2.75) is 86.2 Å². The van der Waals surface area contributed by atoms with Crippen LogP contribution in [0.4, 0.5) is 0 Å². The van der Waals surface area contributed by atoms with Crippen molar-refractivity contribution in [2.24, 2.45) is 11.3 Å². The fourth-order valence-corrected chi connectivity index (χ4v) is 2.21. The number of rotatable bonds is 10. The Kier molecular flexibility index (Phi) is 9.07. The summed E-state index contributed by atoms with van der Waals surface area (Å²) in [5.74, 6) is 0.0869. The highest BCUT2D eigenvalue weighted by Crippen LogP contribution is 2.35. The Labute approximate surface area is 119 Å². The van der Waals surface area contributed by atoms with E-state index in [2.05, 4.69) is 20.8 Å². The summed E-state index contributed by atoms with van der Waals surface area (Å²) >= 11 is 0. The van der Waals surface area contributed by atoms with Gasteiger partial charge >= 0.3 is 5.97 Å².